The highest BCUT2D eigenvalue weighted by atomic mass is 32.2. The number of fused-ring (bicyclic) bond motifs is 1. The molecule has 0 spiro atoms. The molecule has 0 aromatic heterocycles. The fourth-order valence-corrected chi connectivity index (χ4v) is 7.82. The first-order valence-electron chi connectivity index (χ1n) is 14.2. The van der Waals surface area contributed by atoms with E-state index in [0.29, 0.717) is 25.9 Å². The van der Waals surface area contributed by atoms with Gasteiger partial charge in [0.1, 0.15) is 5.75 Å². The highest BCUT2D eigenvalue weighted by molar-refractivity contribution is 7.89. The molecule has 5 rings (SSSR count). The summed E-state index contributed by atoms with van der Waals surface area (Å²) in [5.41, 5.74) is 0.768. The number of aromatic hydroxyl groups is 1. The number of phenolic OH excluding ortho intramolecular Hbond substituents is 1. The summed E-state index contributed by atoms with van der Waals surface area (Å²) in [5, 5.41) is 34.3. The molecule has 2 heterocycles. The fraction of sp³-hybridized carbons (Fsp3) is 0.552. The maximum atomic E-state index is 14.3. The Kier molecular flexibility index (Phi) is 9.47. The molecule has 2 aromatic carbocycles. The first kappa shape index (κ1) is 29.7. The SMILES string of the molecule is O=C(O)N[C@@H](Cc1ccccc1)[C@@H](O)C([C@@H]1CO[C@H]2OCC[C@H]21)N(OC1CCCCC1)S(=O)(=O)c1cccc(O)c1. The Morgan fingerprint density at radius 3 is 2.51 bits per heavy atom. The van der Waals surface area contributed by atoms with Crippen LogP contribution in [0.5, 0.6) is 5.75 Å². The Morgan fingerprint density at radius 2 is 1.80 bits per heavy atom. The van der Waals surface area contributed by atoms with E-state index in [9.17, 15) is 28.5 Å². The number of phenols is 1. The van der Waals surface area contributed by atoms with E-state index in [1.807, 2.05) is 30.3 Å². The van der Waals surface area contributed by atoms with Crippen LogP contribution in [0.25, 0.3) is 0 Å². The fourth-order valence-electron chi connectivity index (χ4n) is 6.26. The lowest BCUT2D eigenvalue weighted by molar-refractivity contribution is -0.197. The molecule has 11 nitrogen and oxygen atoms in total. The lowest BCUT2D eigenvalue weighted by atomic mass is 9.82. The normalized spacial score (nSPS) is 25.5. The van der Waals surface area contributed by atoms with Crippen molar-refractivity contribution >= 4 is 16.1 Å². The standard InChI is InChI=1S/C29H38N2O9S/c32-20-10-7-13-22(17-20)41(36,37)31(40-21-11-5-2-6-12-21)26(24-18-39-28-23(24)14-15-38-28)27(33)25(30-29(34)35)16-19-8-3-1-4-9-19/h1,3-4,7-10,13,17,21,23-28,30,32-33H,2,5-6,11-12,14-16,18H2,(H,34,35)/t23-,24+,25-,26?,27+,28+/m0/s1. The molecule has 4 N–H and O–H groups in total. The summed E-state index contributed by atoms with van der Waals surface area (Å²) in [6.45, 7) is 0.528. The number of hydrogen-bond donors (Lipinski definition) is 4. The van der Waals surface area contributed by atoms with E-state index in [1.54, 1.807) is 0 Å². The van der Waals surface area contributed by atoms with E-state index >= 15 is 0 Å². The average Bonchev–Trinajstić information content (AvgIpc) is 3.58. The summed E-state index contributed by atoms with van der Waals surface area (Å²) >= 11 is 0. The second-order valence-corrected chi connectivity index (χ2v) is 12.8. The number of aliphatic hydroxyl groups is 1. The number of hydroxylamine groups is 1. The lowest BCUT2D eigenvalue weighted by Crippen LogP contribution is -2.60. The molecule has 6 atom stereocenters. The Morgan fingerprint density at radius 1 is 1.05 bits per heavy atom. The number of ether oxygens (including phenoxy) is 2. The molecule has 2 aromatic rings. The number of aliphatic hydroxyl groups excluding tert-OH is 1. The monoisotopic (exact) mass is 590 g/mol. The molecule has 224 valence electrons. The van der Waals surface area contributed by atoms with Crippen LogP contribution in [0.2, 0.25) is 0 Å². The van der Waals surface area contributed by atoms with E-state index < -0.39 is 52.6 Å². The summed E-state index contributed by atoms with van der Waals surface area (Å²) in [5.74, 6) is -1.01. The molecule has 1 aliphatic carbocycles. The highest BCUT2D eigenvalue weighted by Crippen LogP contribution is 2.42. The first-order valence-corrected chi connectivity index (χ1v) is 15.6. The summed E-state index contributed by atoms with van der Waals surface area (Å²) in [6, 6.07) is 12.1. The summed E-state index contributed by atoms with van der Waals surface area (Å²) in [6.07, 6.45) is 0.949. The first-order chi connectivity index (χ1) is 19.7. The largest absolute Gasteiger partial charge is 0.508 e. The van der Waals surface area contributed by atoms with Crippen LogP contribution < -0.4 is 5.32 Å². The van der Waals surface area contributed by atoms with Gasteiger partial charge < -0.3 is 30.1 Å². The van der Waals surface area contributed by atoms with E-state index in [4.69, 9.17) is 14.3 Å². The van der Waals surface area contributed by atoms with Crippen molar-refractivity contribution in [2.75, 3.05) is 13.2 Å². The van der Waals surface area contributed by atoms with Crippen LogP contribution >= 0.6 is 0 Å². The summed E-state index contributed by atoms with van der Waals surface area (Å²) in [4.78, 5) is 18.0. The van der Waals surface area contributed by atoms with Crippen LogP contribution in [-0.2, 0) is 30.8 Å². The van der Waals surface area contributed by atoms with Crippen LogP contribution in [0.3, 0.4) is 0 Å². The number of carbonyl (C=O) groups is 1. The molecule has 2 saturated heterocycles. The minimum absolute atomic E-state index is 0.0995. The molecule has 12 heteroatoms. The molecule has 0 radical (unpaired) electrons. The summed E-state index contributed by atoms with van der Waals surface area (Å²) < 4.78 is 41.1. The van der Waals surface area contributed by atoms with Gasteiger partial charge in [-0.1, -0.05) is 60.1 Å². The van der Waals surface area contributed by atoms with Gasteiger partial charge in [0.25, 0.3) is 10.0 Å². The van der Waals surface area contributed by atoms with Crippen molar-refractivity contribution in [1.82, 2.24) is 9.79 Å². The zero-order valence-electron chi connectivity index (χ0n) is 22.7. The minimum atomic E-state index is -4.45. The third-order valence-electron chi connectivity index (χ3n) is 8.29. The predicted molar refractivity (Wildman–Crippen MR) is 147 cm³/mol. The molecular weight excluding hydrogens is 552 g/mol. The van der Waals surface area contributed by atoms with Crippen molar-refractivity contribution in [3.05, 3.63) is 60.2 Å². The number of sulfonamides is 1. The molecule has 1 saturated carbocycles. The van der Waals surface area contributed by atoms with Crippen LogP contribution in [0.15, 0.2) is 59.5 Å². The third kappa shape index (κ3) is 6.85. The van der Waals surface area contributed by atoms with Crippen molar-refractivity contribution in [2.45, 2.75) is 80.4 Å². The second-order valence-electron chi connectivity index (χ2n) is 11.0. The number of rotatable bonds is 11. The lowest BCUT2D eigenvalue weighted by Gasteiger charge is -2.42. The molecule has 3 fully saturated rings. The molecule has 3 aliphatic rings. The van der Waals surface area contributed by atoms with Crippen molar-refractivity contribution in [1.29, 1.82) is 0 Å². The Labute approximate surface area is 240 Å². The highest BCUT2D eigenvalue weighted by Gasteiger charge is 2.53. The van der Waals surface area contributed by atoms with Gasteiger partial charge in [0.2, 0.25) is 0 Å². The van der Waals surface area contributed by atoms with Gasteiger partial charge in [-0.15, -0.1) is 0 Å². The summed E-state index contributed by atoms with van der Waals surface area (Å²) in [7, 11) is -4.45. The number of amides is 1. The van der Waals surface area contributed by atoms with Gasteiger partial charge in [-0.05, 0) is 49.4 Å². The van der Waals surface area contributed by atoms with E-state index in [2.05, 4.69) is 5.32 Å². The van der Waals surface area contributed by atoms with Gasteiger partial charge in [-0.3, -0.25) is 4.84 Å². The molecular formula is C29H38N2O9S. The van der Waals surface area contributed by atoms with Gasteiger partial charge in [0, 0.05) is 11.8 Å². The zero-order valence-corrected chi connectivity index (χ0v) is 23.6. The van der Waals surface area contributed by atoms with Crippen LogP contribution in [0.4, 0.5) is 4.79 Å². The van der Waals surface area contributed by atoms with Gasteiger partial charge in [0.05, 0.1) is 42.4 Å². The molecule has 1 amide bonds. The third-order valence-corrected chi connectivity index (χ3v) is 9.95. The van der Waals surface area contributed by atoms with Crippen molar-refractivity contribution in [3.8, 4) is 5.75 Å². The van der Waals surface area contributed by atoms with Crippen LogP contribution in [0.1, 0.15) is 44.1 Å². The van der Waals surface area contributed by atoms with Gasteiger partial charge >= 0.3 is 6.09 Å². The second kappa shape index (κ2) is 13.1. The van der Waals surface area contributed by atoms with Crippen LogP contribution in [0, 0.1) is 11.8 Å². The van der Waals surface area contributed by atoms with Crippen molar-refractivity contribution < 1.29 is 42.8 Å². The molecule has 1 unspecified atom stereocenters. The Balaban J connectivity index is 1.59. The predicted octanol–water partition coefficient (Wildman–Crippen LogP) is 3.26. The number of nitrogens with one attached hydrogen (secondary N) is 1. The molecule has 2 aliphatic heterocycles. The quantitative estimate of drug-likeness (QED) is 0.289. The minimum Gasteiger partial charge on any atom is -0.508 e. The average molecular weight is 591 g/mol. The number of benzene rings is 2. The zero-order chi connectivity index (χ0) is 29.0. The number of nitrogens with zero attached hydrogens (tertiary/aromatic N) is 1. The Hall–Kier alpha value is -2.74. The van der Waals surface area contributed by atoms with Crippen molar-refractivity contribution in [3.63, 3.8) is 0 Å². The number of carboxylic acid groups (broad SMARTS) is 1. The molecule has 0 bridgehead atoms. The topological polar surface area (TPSA) is 155 Å². The molecule has 41 heavy (non-hydrogen) atoms. The smallest absolute Gasteiger partial charge is 0.404 e. The van der Waals surface area contributed by atoms with Gasteiger partial charge in [0.15, 0.2) is 6.29 Å². The maximum absolute atomic E-state index is 14.3. The van der Waals surface area contributed by atoms with Gasteiger partial charge in [-0.2, -0.15) is 0 Å². The van der Waals surface area contributed by atoms with E-state index in [-0.39, 0.29) is 29.6 Å². The maximum Gasteiger partial charge on any atom is 0.404 e. The number of hydrogen-bond acceptors (Lipinski definition) is 8. The van der Waals surface area contributed by atoms with Gasteiger partial charge in [-0.25, -0.2) is 13.2 Å². The van der Waals surface area contributed by atoms with E-state index in [1.165, 1.54) is 18.2 Å². The van der Waals surface area contributed by atoms with Crippen molar-refractivity contribution in [2.24, 2.45) is 11.8 Å². The Bertz CT molecular complexity index is 1270. The van der Waals surface area contributed by atoms with E-state index in [0.717, 1.165) is 35.4 Å². The van der Waals surface area contributed by atoms with Crippen LogP contribution in [-0.4, -0.2) is 78.1 Å².